The van der Waals surface area contributed by atoms with Gasteiger partial charge in [-0.05, 0) is 13.8 Å². The number of ether oxygens (including phenoxy) is 3. The van der Waals surface area contributed by atoms with Crippen molar-refractivity contribution in [2.24, 2.45) is 0 Å². The molecule has 0 aromatic carbocycles. The van der Waals surface area contributed by atoms with Crippen LogP contribution in [-0.2, 0) is 4.74 Å². The number of nitrogens with zero attached hydrogens (tertiary/aromatic N) is 2. The van der Waals surface area contributed by atoms with E-state index in [1.165, 1.54) is 0 Å². The van der Waals surface area contributed by atoms with Crippen LogP contribution in [0, 0.1) is 0 Å². The van der Waals surface area contributed by atoms with Crippen LogP contribution in [-0.4, -0.2) is 43.4 Å². The maximum absolute atomic E-state index is 5.30. The fraction of sp³-hybridized carbons (Fsp3) is 0.636. The van der Waals surface area contributed by atoms with Gasteiger partial charge in [0.25, 0.3) is 0 Å². The Hall–Kier alpha value is -1.56. The number of aromatic nitrogens is 2. The monoisotopic (exact) mass is 241 g/mol. The summed E-state index contributed by atoms with van der Waals surface area (Å²) in [7, 11) is 3.10. The lowest BCUT2D eigenvalue weighted by molar-refractivity contribution is 0.141. The van der Waals surface area contributed by atoms with Crippen LogP contribution in [0.3, 0.4) is 0 Å². The van der Waals surface area contributed by atoms with E-state index in [0.717, 1.165) is 0 Å². The summed E-state index contributed by atoms with van der Waals surface area (Å²) in [6, 6.07) is 1.74. The number of anilines is 1. The molecule has 17 heavy (non-hydrogen) atoms. The molecular formula is C11H19N3O3. The Morgan fingerprint density at radius 3 is 2.29 bits per heavy atom. The van der Waals surface area contributed by atoms with Gasteiger partial charge in [0.15, 0.2) is 0 Å². The van der Waals surface area contributed by atoms with Crippen LogP contribution < -0.4 is 14.8 Å². The van der Waals surface area contributed by atoms with Gasteiger partial charge in [-0.1, -0.05) is 0 Å². The second-order valence-electron chi connectivity index (χ2n) is 3.48. The molecule has 1 atom stereocenters. The largest absolute Gasteiger partial charge is 0.481 e. The van der Waals surface area contributed by atoms with Crippen LogP contribution >= 0.6 is 0 Å². The van der Waals surface area contributed by atoms with Crippen molar-refractivity contribution in [3.05, 3.63) is 6.07 Å². The molecule has 0 amide bonds. The Morgan fingerprint density at radius 1 is 1.24 bits per heavy atom. The van der Waals surface area contributed by atoms with Crippen molar-refractivity contribution in [1.82, 2.24) is 9.97 Å². The molecule has 6 nitrogen and oxygen atoms in total. The van der Waals surface area contributed by atoms with E-state index in [9.17, 15) is 0 Å². The molecule has 0 aliphatic carbocycles. The predicted molar refractivity (Wildman–Crippen MR) is 64.7 cm³/mol. The molecule has 0 aliphatic heterocycles. The van der Waals surface area contributed by atoms with Crippen LogP contribution in [0.2, 0.25) is 0 Å². The van der Waals surface area contributed by atoms with E-state index in [4.69, 9.17) is 14.2 Å². The Kier molecular flexibility index (Phi) is 5.48. The van der Waals surface area contributed by atoms with Crippen LogP contribution in [0.4, 0.5) is 5.95 Å². The lowest BCUT2D eigenvalue weighted by atomic mass is 10.4. The fourth-order valence-corrected chi connectivity index (χ4v) is 1.23. The van der Waals surface area contributed by atoms with Gasteiger partial charge in [0.2, 0.25) is 17.7 Å². The average molecular weight is 241 g/mol. The number of hydrogen-bond acceptors (Lipinski definition) is 6. The van der Waals surface area contributed by atoms with Gasteiger partial charge in [-0.2, -0.15) is 9.97 Å². The number of methoxy groups -OCH3 is 2. The third-order valence-electron chi connectivity index (χ3n) is 2.04. The van der Waals surface area contributed by atoms with Crippen molar-refractivity contribution >= 4 is 5.95 Å². The summed E-state index contributed by atoms with van der Waals surface area (Å²) in [4.78, 5) is 8.34. The highest BCUT2D eigenvalue weighted by atomic mass is 16.5. The Bertz CT molecular complexity index is 324. The maximum atomic E-state index is 5.30. The normalized spacial score (nSPS) is 12.0. The number of hydrogen-bond donors (Lipinski definition) is 1. The van der Waals surface area contributed by atoms with Crippen LogP contribution in [0.5, 0.6) is 11.8 Å². The summed E-state index contributed by atoms with van der Waals surface area (Å²) < 4.78 is 15.4. The smallest absolute Gasteiger partial charge is 0.229 e. The minimum absolute atomic E-state index is 0.117. The molecule has 1 unspecified atom stereocenters. The molecule has 6 heteroatoms. The minimum atomic E-state index is 0.117. The van der Waals surface area contributed by atoms with Crippen molar-refractivity contribution in [3.63, 3.8) is 0 Å². The molecule has 0 bridgehead atoms. The van der Waals surface area contributed by atoms with Gasteiger partial charge in [0.1, 0.15) is 0 Å². The van der Waals surface area contributed by atoms with Crippen molar-refractivity contribution in [3.8, 4) is 11.8 Å². The van der Waals surface area contributed by atoms with Gasteiger partial charge >= 0.3 is 0 Å². The third kappa shape index (κ3) is 4.44. The van der Waals surface area contributed by atoms with E-state index in [2.05, 4.69) is 15.3 Å². The van der Waals surface area contributed by atoms with Gasteiger partial charge in [0, 0.05) is 12.6 Å². The van der Waals surface area contributed by atoms with Crippen molar-refractivity contribution in [2.75, 3.05) is 32.8 Å². The van der Waals surface area contributed by atoms with Gasteiger partial charge in [-0.3, -0.25) is 0 Å². The first-order valence-corrected chi connectivity index (χ1v) is 5.51. The second-order valence-corrected chi connectivity index (χ2v) is 3.48. The molecule has 1 aromatic heterocycles. The zero-order chi connectivity index (χ0) is 12.7. The summed E-state index contributed by atoms with van der Waals surface area (Å²) in [5, 5.41) is 3.12. The van der Waals surface area contributed by atoms with E-state index in [-0.39, 0.29) is 6.04 Å². The Morgan fingerprint density at radius 2 is 1.82 bits per heavy atom. The van der Waals surface area contributed by atoms with E-state index in [0.29, 0.717) is 30.9 Å². The average Bonchev–Trinajstić information content (AvgIpc) is 2.35. The van der Waals surface area contributed by atoms with Crippen LogP contribution in [0.15, 0.2) is 6.07 Å². The quantitative estimate of drug-likeness (QED) is 0.777. The third-order valence-corrected chi connectivity index (χ3v) is 2.04. The highest BCUT2D eigenvalue weighted by molar-refractivity contribution is 5.34. The zero-order valence-electron chi connectivity index (χ0n) is 10.7. The first-order valence-electron chi connectivity index (χ1n) is 5.51. The Labute approximate surface area is 101 Å². The summed E-state index contributed by atoms with van der Waals surface area (Å²) in [6.45, 7) is 5.23. The lowest BCUT2D eigenvalue weighted by Gasteiger charge is -2.14. The second kappa shape index (κ2) is 6.90. The zero-order valence-corrected chi connectivity index (χ0v) is 10.7. The van der Waals surface area contributed by atoms with Crippen molar-refractivity contribution in [1.29, 1.82) is 0 Å². The molecule has 0 radical (unpaired) electrons. The highest BCUT2D eigenvalue weighted by Gasteiger charge is 2.08. The summed E-state index contributed by atoms with van der Waals surface area (Å²) in [5.74, 6) is 1.39. The molecule has 0 spiro atoms. The molecule has 96 valence electrons. The predicted octanol–water partition coefficient (Wildman–Crippen LogP) is 1.33. The van der Waals surface area contributed by atoms with Crippen molar-refractivity contribution in [2.45, 2.75) is 19.9 Å². The molecule has 0 saturated heterocycles. The van der Waals surface area contributed by atoms with Gasteiger partial charge in [-0.15, -0.1) is 0 Å². The fourth-order valence-electron chi connectivity index (χ4n) is 1.23. The van der Waals surface area contributed by atoms with Crippen LogP contribution in [0.25, 0.3) is 0 Å². The summed E-state index contributed by atoms with van der Waals surface area (Å²) >= 11 is 0. The Balaban J connectivity index is 2.68. The molecule has 0 fully saturated rings. The number of nitrogens with one attached hydrogen (secondary N) is 1. The van der Waals surface area contributed by atoms with E-state index in [1.807, 2.05) is 13.8 Å². The molecular weight excluding hydrogens is 222 g/mol. The van der Waals surface area contributed by atoms with E-state index >= 15 is 0 Å². The van der Waals surface area contributed by atoms with E-state index in [1.54, 1.807) is 20.3 Å². The van der Waals surface area contributed by atoms with Crippen LogP contribution in [0.1, 0.15) is 13.8 Å². The maximum Gasteiger partial charge on any atom is 0.229 e. The van der Waals surface area contributed by atoms with Crippen molar-refractivity contribution < 1.29 is 14.2 Å². The molecule has 1 N–H and O–H groups in total. The molecule has 0 saturated carbocycles. The van der Waals surface area contributed by atoms with Gasteiger partial charge in [0.05, 0.1) is 26.9 Å². The highest BCUT2D eigenvalue weighted by Crippen LogP contribution is 2.17. The van der Waals surface area contributed by atoms with Gasteiger partial charge < -0.3 is 19.5 Å². The molecule has 1 rings (SSSR count). The molecule has 1 heterocycles. The molecule has 1 aromatic rings. The topological polar surface area (TPSA) is 65.5 Å². The SMILES string of the molecule is CCOCC(C)Nc1nc(OC)cc(OC)n1. The lowest BCUT2D eigenvalue weighted by Crippen LogP contribution is -2.23. The summed E-state index contributed by atoms with van der Waals surface area (Å²) in [6.07, 6.45) is 0. The minimum Gasteiger partial charge on any atom is -0.481 e. The first kappa shape index (κ1) is 13.5. The first-order chi connectivity index (χ1) is 8.19. The molecule has 0 aliphatic rings. The number of rotatable bonds is 7. The van der Waals surface area contributed by atoms with E-state index < -0.39 is 0 Å². The standard InChI is InChI=1S/C11H19N3O3/c1-5-17-7-8(2)12-11-13-9(15-3)6-10(14-11)16-4/h6,8H,5,7H2,1-4H3,(H,12,13,14). The van der Waals surface area contributed by atoms with Gasteiger partial charge in [-0.25, -0.2) is 0 Å². The summed E-state index contributed by atoms with van der Waals surface area (Å²) in [5.41, 5.74) is 0.